The Balaban J connectivity index is 1.42. The van der Waals surface area contributed by atoms with Gasteiger partial charge in [0.25, 0.3) is 11.8 Å². The van der Waals surface area contributed by atoms with Gasteiger partial charge in [0.05, 0.1) is 12.7 Å². The number of amides is 4. The molecule has 1 spiro atoms. The van der Waals surface area contributed by atoms with E-state index in [1.54, 1.807) is 23.1 Å². The second-order valence-corrected chi connectivity index (χ2v) is 8.28. The highest BCUT2D eigenvalue weighted by molar-refractivity contribution is 6.31. The van der Waals surface area contributed by atoms with Crippen molar-refractivity contribution in [2.75, 3.05) is 26.7 Å². The molecule has 31 heavy (non-hydrogen) atoms. The molecule has 2 aliphatic rings. The zero-order valence-electron chi connectivity index (χ0n) is 17.3. The first-order valence-corrected chi connectivity index (χ1v) is 10.6. The van der Waals surface area contributed by atoms with Gasteiger partial charge in [-0.25, -0.2) is 4.79 Å². The second-order valence-electron chi connectivity index (χ2n) is 7.84. The number of urea groups is 1. The van der Waals surface area contributed by atoms with Gasteiger partial charge >= 0.3 is 6.03 Å². The molecular formula is C23H24ClN3O4. The highest BCUT2D eigenvalue weighted by Gasteiger charge is 2.52. The Morgan fingerprint density at radius 2 is 1.84 bits per heavy atom. The molecule has 4 amide bonds. The normalized spacial score (nSPS) is 17.7. The Labute approximate surface area is 185 Å². The van der Waals surface area contributed by atoms with Crippen molar-refractivity contribution in [3.05, 3.63) is 64.7 Å². The molecule has 7 nitrogen and oxygen atoms in total. The van der Waals surface area contributed by atoms with E-state index in [9.17, 15) is 14.4 Å². The minimum atomic E-state index is -0.941. The molecule has 0 aliphatic carbocycles. The second kappa shape index (κ2) is 8.59. The third-order valence-electron chi connectivity index (χ3n) is 6.01. The fraction of sp³-hybridized carbons (Fsp3) is 0.348. The van der Waals surface area contributed by atoms with Gasteiger partial charge in [0.2, 0.25) is 0 Å². The van der Waals surface area contributed by atoms with Gasteiger partial charge in [0.15, 0.2) is 0 Å². The minimum Gasteiger partial charge on any atom is -0.496 e. The molecule has 1 N–H and O–H groups in total. The van der Waals surface area contributed by atoms with Gasteiger partial charge in [-0.15, -0.1) is 0 Å². The van der Waals surface area contributed by atoms with Crippen LogP contribution in [0.5, 0.6) is 5.75 Å². The van der Waals surface area contributed by atoms with Crippen molar-refractivity contribution < 1.29 is 19.1 Å². The van der Waals surface area contributed by atoms with Gasteiger partial charge in [0.1, 0.15) is 11.3 Å². The van der Waals surface area contributed by atoms with Crippen LogP contribution in [0, 0.1) is 0 Å². The van der Waals surface area contributed by atoms with Crippen molar-refractivity contribution in [3.8, 4) is 5.75 Å². The van der Waals surface area contributed by atoms with Gasteiger partial charge in [-0.1, -0.05) is 41.9 Å². The molecule has 0 bridgehead atoms. The van der Waals surface area contributed by atoms with Crippen LogP contribution in [0.25, 0.3) is 0 Å². The third kappa shape index (κ3) is 4.10. The highest BCUT2D eigenvalue weighted by atomic mass is 35.5. The van der Waals surface area contributed by atoms with Crippen LogP contribution in [-0.4, -0.2) is 59.9 Å². The number of methoxy groups -OCH3 is 1. The Morgan fingerprint density at radius 3 is 2.52 bits per heavy atom. The average molecular weight is 442 g/mol. The van der Waals surface area contributed by atoms with Crippen LogP contribution in [0.1, 0.15) is 28.8 Å². The summed E-state index contributed by atoms with van der Waals surface area (Å²) < 4.78 is 5.29. The number of piperidine rings is 1. The Kier molecular flexibility index (Phi) is 5.87. The number of hydrogen-bond acceptors (Lipinski definition) is 4. The minimum absolute atomic E-state index is 0.202. The van der Waals surface area contributed by atoms with Crippen LogP contribution in [0.2, 0.25) is 5.02 Å². The van der Waals surface area contributed by atoms with Gasteiger partial charge in [0, 0.05) is 24.7 Å². The number of carbonyl (C=O) groups excluding carboxylic acids is 3. The molecule has 162 valence electrons. The Bertz CT molecular complexity index is 1000. The summed E-state index contributed by atoms with van der Waals surface area (Å²) in [5.41, 5.74) is 0.514. The van der Waals surface area contributed by atoms with E-state index in [0.717, 1.165) is 5.56 Å². The first-order chi connectivity index (χ1) is 14.9. The Hall–Kier alpha value is -3.06. The molecule has 2 aromatic carbocycles. The number of halogens is 1. The number of carbonyl (C=O) groups is 3. The number of rotatable bonds is 5. The van der Waals surface area contributed by atoms with E-state index in [0.29, 0.717) is 55.2 Å². The molecule has 2 aliphatic heterocycles. The smallest absolute Gasteiger partial charge is 0.325 e. The number of benzene rings is 2. The number of hydrogen-bond donors (Lipinski definition) is 1. The number of ether oxygens (including phenoxy) is 1. The topological polar surface area (TPSA) is 79.0 Å². The number of likely N-dealkylation sites (tertiary alicyclic amines) is 1. The fourth-order valence-corrected chi connectivity index (χ4v) is 4.39. The SMILES string of the molecule is COc1ccc(Cl)cc1C(=O)N1CCC2(CC1)NC(=O)N(CCc1ccccc1)C2=O. The van der Waals surface area contributed by atoms with Crippen LogP contribution in [0.3, 0.4) is 0 Å². The molecule has 0 saturated carbocycles. The predicted molar refractivity (Wildman–Crippen MR) is 116 cm³/mol. The van der Waals surface area contributed by atoms with Gasteiger partial charge < -0.3 is 15.0 Å². The maximum atomic E-state index is 13.1. The van der Waals surface area contributed by atoms with E-state index in [-0.39, 0.29) is 17.8 Å². The van der Waals surface area contributed by atoms with Crippen LogP contribution < -0.4 is 10.1 Å². The fourth-order valence-electron chi connectivity index (χ4n) is 4.21. The van der Waals surface area contributed by atoms with E-state index in [2.05, 4.69) is 5.32 Å². The van der Waals surface area contributed by atoms with Crippen LogP contribution in [-0.2, 0) is 11.2 Å². The van der Waals surface area contributed by atoms with Gasteiger partial charge in [-0.3, -0.25) is 14.5 Å². The maximum Gasteiger partial charge on any atom is 0.325 e. The summed E-state index contributed by atoms with van der Waals surface area (Å²) in [6.45, 7) is 1.04. The average Bonchev–Trinajstić information content (AvgIpc) is 3.01. The number of nitrogens with one attached hydrogen (secondary N) is 1. The summed E-state index contributed by atoms with van der Waals surface area (Å²) in [7, 11) is 1.50. The maximum absolute atomic E-state index is 13.1. The van der Waals surface area contributed by atoms with Crippen molar-refractivity contribution in [3.63, 3.8) is 0 Å². The van der Waals surface area contributed by atoms with Crippen molar-refractivity contribution in [1.82, 2.24) is 15.1 Å². The van der Waals surface area contributed by atoms with Crippen molar-refractivity contribution in [2.45, 2.75) is 24.8 Å². The third-order valence-corrected chi connectivity index (χ3v) is 6.24. The largest absolute Gasteiger partial charge is 0.496 e. The lowest BCUT2D eigenvalue weighted by Crippen LogP contribution is -2.56. The molecule has 2 heterocycles. The quantitative estimate of drug-likeness (QED) is 0.723. The van der Waals surface area contributed by atoms with E-state index < -0.39 is 5.54 Å². The Morgan fingerprint density at radius 1 is 1.13 bits per heavy atom. The molecule has 4 rings (SSSR count). The van der Waals surface area contributed by atoms with E-state index in [1.165, 1.54) is 12.0 Å². The van der Waals surface area contributed by atoms with Crippen LogP contribution in [0.4, 0.5) is 4.79 Å². The van der Waals surface area contributed by atoms with Crippen molar-refractivity contribution in [2.24, 2.45) is 0 Å². The number of imide groups is 1. The lowest BCUT2D eigenvalue weighted by atomic mass is 9.87. The highest BCUT2D eigenvalue weighted by Crippen LogP contribution is 2.32. The van der Waals surface area contributed by atoms with E-state index >= 15 is 0 Å². The van der Waals surface area contributed by atoms with Gasteiger partial charge in [-0.2, -0.15) is 0 Å². The lowest BCUT2D eigenvalue weighted by molar-refractivity contribution is -0.132. The monoisotopic (exact) mass is 441 g/mol. The molecule has 8 heteroatoms. The number of nitrogens with zero attached hydrogens (tertiary/aromatic N) is 2. The van der Waals surface area contributed by atoms with Crippen molar-refractivity contribution >= 4 is 29.4 Å². The van der Waals surface area contributed by atoms with E-state index in [4.69, 9.17) is 16.3 Å². The summed E-state index contributed by atoms with van der Waals surface area (Å²) in [5.74, 6) is 0.0415. The summed E-state index contributed by atoms with van der Waals surface area (Å²) in [4.78, 5) is 41.6. The summed E-state index contributed by atoms with van der Waals surface area (Å²) in [6.07, 6.45) is 1.34. The summed E-state index contributed by atoms with van der Waals surface area (Å²) >= 11 is 6.06. The van der Waals surface area contributed by atoms with Crippen LogP contribution in [0.15, 0.2) is 48.5 Å². The molecule has 2 aromatic rings. The molecule has 2 saturated heterocycles. The summed E-state index contributed by atoms with van der Waals surface area (Å²) in [6, 6.07) is 14.3. The first kappa shape index (κ1) is 21.2. The molecule has 0 aromatic heterocycles. The molecule has 0 atom stereocenters. The standard InChI is InChI=1S/C23H24ClN3O4/c1-31-19-8-7-17(24)15-18(19)20(28)26-13-10-23(11-14-26)21(29)27(22(30)25-23)12-9-16-5-3-2-4-6-16/h2-8,15H,9-14H2,1H3,(H,25,30). The molecule has 0 radical (unpaired) electrons. The molecule has 2 fully saturated rings. The zero-order chi connectivity index (χ0) is 22.0. The van der Waals surface area contributed by atoms with Crippen molar-refractivity contribution in [1.29, 1.82) is 0 Å². The molecular weight excluding hydrogens is 418 g/mol. The first-order valence-electron chi connectivity index (χ1n) is 10.2. The molecule has 0 unspecified atom stereocenters. The lowest BCUT2D eigenvalue weighted by Gasteiger charge is -2.37. The van der Waals surface area contributed by atoms with Gasteiger partial charge in [-0.05, 0) is 43.0 Å². The zero-order valence-corrected chi connectivity index (χ0v) is 18.0. The predicted octanol–water partition coefficient (Wildman–Crippen LogP) is 3.12. The van der Waals surface area contributed by atoms with E-state index in [1.807, 2.05) is 30.3 Å². The van der Waals surface area contributed by atoms with Crippen LogP contribution >= 0.6 is 11.6 Å². The summed E-state index contributed by atoms with van der Waals surface area (Å²) in [5, 5.41) is 3.34.